The summed E-state index contributed by atoms with van der Waals surface area (Å²) in [6.07, 6.45) is 16.1. The van der Waals surface area contributed by atoms with Crippen LogP contribution in [0.15, 0.2) is 77.9 Å². The molecule has 5 N–H and O–H groups in total. The molecular weight excluding hydrogens is 1020 g/mol. The van der Waals surface area contributed by atoms with Crippen LogP contribution >= 0.6 is 11.3 Å². The highest BCUT2D eigenvalue weighted by Crippen LogP contribution is 2.31. The van der Waals surface area contributed by atoms with Crippen molar-refractivity contribution in [3.63, 3.8) is 0 Å². The Labute approximate surface area is 464 Å². The summed E-state index contributed by atoms with van der Waals surface area (Å²) < 4.78 is 28.2. The summed E-state index contributed by atoms with van der Waals surface area (Å²) >= 11 is 1.13. The second-order valence-corrected chi connectivity index (χ2v) is 21.3. The van der Waals surface area contributed by atoms with Gasteiger partial charge in [-0.3, -0.25) is 28.9 Å². The number of ether oxygens (including phenoxy) is 5. The number of carboxylic acid groups (broad SMARTS) is 1. The Morgan fingerprint density at radius 1 is 0.859 bits per heavy atom. The number of nitrogens with zero attached hydrogens (tertiary/aromatic N) is 4. The van der Waals surface area contributed by atoms with E-state index >= 15 is 0 Å². The van der Waals surface area contributed by atoms with Gasteiger partial charge in [0, 0.05) is 69.7 Å². The van der Waals surface area contributed by atoms with E-state index in [1.54, 1.807) is 48.3 Å². The number of esters is 1. The summed E-state index contributed by atoms with van der Waals surface area (Å²) in [4.78, 5) is 88.2. The number of amides is 4. The van der Waals surface area contributed by atoms with Crippen molar-refractivity contribution in [3.05, 3.63) is 94.1 Å². The Morgan fingerprint density at radius 3 is 2.17 bits per heavy atom. The quantitative estimate of drug-likeness (QED) is 0.0381. The molecule has 1 aliphatic heterocycles. The van der Waals surface area contributed by atoms with Crippen LogP contribution in [-0.2, 0) is 49.3 Å². The van der Waals surface area contributed by atoms with Gasteiger partial charge in [0.1, 0.15) is 22.5 Å². The number of phenols is 1. The molecule has 0 bridgehead atoms. The highest BCUT2D eigenvalue weighted by atomic mass is 32.1. The van der Waals surface area contributed by atoms with Crippen LogP contribution in [0.25, 0.3) is 0 Å². The number of aromatic nitrogens is 1. The van der Waals surface area contributed by atoms with Crippen molar-refractivity contribution in [1.82, 2.24) is 35.6 Å². The number of phenolic OH excluding ortho intramolecular Hbond substituents is 1. The molecule has 0 spiro atoms. The molecule has 21 heteroatoms. The smallest absolute Gasteiger partial charge is 0.407 e. The zero-order valence-corrected chi connectivity index (χ0v) is 47.7. The van der Waals surface area contributed by atoms with E-state index in [-0.39, 0.29) is 54.5 Å². The van der Waals surface area contributed by atoms with Crippen molar-refractivity contribution in [2.75, 3.05) is 93.1 Å². The van der Waals surface area contributed by atoms with Gasteiger partial charge < -0.3 is 59.6 Å². The number of aliphatic carboxylic acids is 1. The maximum atomic E-state index is 14.4. The Balaban J connectivity index is 1.14. The molecule has 1 aromatic carbocycles. The zero-order valence-electron chi connectivity index (χ0n) is 46.9. The zero-order chi connectivity index (χ0) is 57.0. The third-order valence-electron chi connectivity index (χ3n) is 13.7. The van der Waals surface area contributed by atoms with Gasteiger partial charge in [0.25, 0.3) is 5.91 Å². The molecule has 2 aliphatic rings. The van der Waals surface area contributed by atoms with Gasteiger partial charge in [-0.2, -0.15) is 0 Å². The minimum atomic E-state index is -1.00. The highest BCUT2D eigenvalue weighted by molar-refractivity contribution is 7.09. The number of hydrogen-bond acceptors (Lipinski definition) is 16. The molecule has 1 aliphatic carbocycles. The Kier molecular flexibility index (Phi) is 28.6. The number of carbonyl (C=O) groups is 6. The minimum Gasteiger partial charge on any atom is -0.508 e. The van der Waals surface area contributed by atoms with Gasteiger partial charge in [-0.1, -0.05) is 83.6 Å². The Morgan fingerprint density at radius 2 is 1.51 bits per heavy atom. The molecule has 4 amide bonds. The highest BCUT2D eigenvalue weighted by Gasteiger charge is 2.36. The molecule has 0 saturated carbocycles. The van der Waals surface area contributed by atoms with Crippen molar-refractivity contribution >= 4 is 47.1 Å². The van der Waals surface area contributed by atoms with Crippen LogP contribution in [-0.4, -0.2) is 177 Å². The first-order valence-corrected chi connectivity index (χ1v) is 28.0. The fraction of sp³-hybridized carbons (Fsp3) is 0.596. The van der Waals surface area contributed by atoms with Crippen LogP contribution in [0.2, 0.25) is 0 Å². The summed E-state index contributed by atoms with van der Waals surface area (Å²) in [7, 11) is 3.46. The number of likely N-dealkylation sites (tertiary alicyclic amines) is 1. The summed E-state index contributed by atoms with van der Waals surface area (Å²) in [5.74, 6) is -3.41. The van der Waals surface area contributed by atoms with Gasteiger partial charge in [0.05, 0.1) is 58.7 Å². The van der Waals surface area contributed by atoms with Gasteiger partial charge >= 0.3 is 18.0 Å². The second-order valence-electron chi connectivity index (χ2n) is 20.4. The topological polar surface area (TPSA) is 248 Å². The number of hydrogen-bond donors (Lipinski definition) is 5. The van der Waals surface area contributed by atoms with Crippen LogP contribution in [0.3, 0.4) is 0 Å². The van der Waals surface area contributed by atoms with E-state index in [4.69, 9.17) is 23.7 Å². The van der Waals surface area contributed by atoms with E-state index in [1.807, 2.05) is 58.1 Å². The van der Waals surface area contributed by atoms with Crippen LogP contribution in [0.4, 0.5) is 4.79 Å². The maximum absolute atomic E-state index is 14.4. The van der Waals surface area contributed by atoms with Crippen molar-refractivity contribution in [2.45, 2.75) is 104 Å². The first-order chi connectivity index (χ1) is 37.3. The number of carboxylic acids is 1. The number of piperidine rings is 1. The van der Waals surface area contributed by atoms with E-state index in [2.05, 4.69) is 38.0 Å². The average molecular weight is 1110 g/mol. The summed E-state index contributed by atoms with van der Waals surface area (Å²) in [6.45, 7) is 15.7. The fourth-order valence-corrected chi connectivity index (χ4v) is 9.74. The van der Waals surface area contributed by atoms with E-state index in [9.17, 15) is 39.0 Å². The fourth-order valence-electron chi connectivity index (χ4n) is 8.90. The van der Waals surface area contributed by atoms with Crippen molar-refractivity contribution in [3.8, 4) is 5.75 Å². The molecule has 0 radical (unpaired) electrons. The van der Waals surface area contributed by atoms with Crippen LogP contribution in [0.5, 0.6) is 5.75 Å². The molecule has 20 nitrogen and oxygen atoms in total. The molecular formula is C57H85N7O13S. The van der Waals surface area contributed by atoms with Crippen LogP contribution in [0, 0.1) is 23.7 Å². The monoisotopic (exact) mass is 1110 g/mol. The number of thiazole rings is 1. The standard InChI is InChI=1S/C57H85N7O13S/c1-9-40(4)52(61-51(67)36-62(7)26-28-74-30-32-75-31-29-73-27-23-58-57(72)76-37-44-21-24-64(25-22-44)46-15-13-11-10-12-14-16-46)55(69)63(8)49(39(2)3)35-50(77-42(6)65)54-60-48(38-78-54)53(68)59-45(33-41(5)56(70)71)34-43-17-19-47(66)20-18-43/h10-20,38-41,44-45,49-50,52,66H,9,21-37H2,1-8H3,(H,58,72)(H,59,68)(H,61,67)(H,70,71)/b11-10-,12-10?,13-11?,14-12-,15-13?,16-14?,46-15?,46-16?/t40-,41+,45-,49-,50?,52+/m1/s1. The summed E-state index contributed by atoms with van der Waals surface area (Å²) in [5.41, 5.74) is 2.04. The number of aromatic hydroxyl groups is 1. The normalized spacial score (nSPS) is 16.8. The maximum Gasteiger partial charge on any atom is 0.407 e. The number of likely N-dealkylation sites (N-methyl/N-ethyl adjacent to an activating group) is 2. The minimum absolute atomic E-state index is 0.0267. The van der Waals surface area contributed by atoms with Crippen molar-refractivity contribution in [2.24, 2.45) is 23.7 Å². The van der Waals surface area contributed by atoms with Crippen LogP contribution in [0.1, 0.15) is 101 Å². The lowest BCUT2D eigenvalue weighted by atomic mass is 9.93. The molecule has 1 fully saturated rings. The van der Waals surface area contributed by atoms with E-state index in [0.717, 1.165) is 42.8 Å². The average Bonchev–Trinajstić information content (AvgIpc) is 3.90. The molecule has 2 aromatic rings. The first-order valence-electron chi connectivity index (χ1n) is 27.1. The number of nitrogens with one attached hydrogen (secondary N) is 3. The van der Waals surface area contributed by atoms with E-state index < -0.39 is 54.1 Å². The predicted octanol–water partition coefficient (Wildman–Crippen LogP) is 6.29. The van der Waals surface area contributed by atoms with E-state index in [1.165, 1.54) is 24.8 Å². The number of rotatable bonds is 34. The van der Waals surface area contributed by atoms with Gasteiger partial charge in [-0.25, -0.2) is 9.78 Å². The lowest BCUT2D eigenvalue weighted by Gasteiger charge is -2.37. The summed E-state index contributed by atoms with van der Waals surface area (Å²) in [5, 5.41) is 29.9. The molecule has 1 saturated heterocycles. The lowest BCUT2D eigenvalue weighted by molar-refractivity contribution is -0.149. The molecule has 6 atom stereocenters. The van der Waals surface area contributed by atoms with Gasteiger partial charge in [0.2, 0.25) is 11.8 Å². The number of carbonyl (C=O) groups excluding carboxylic acids is 5. The molecule has 432 valence electrons. The third kappa shape index (κ3) is 23.5. The number of alkyl carbamates (subject to hydrolysis) is 1. The second kappa shape index (κ2) is 34.7. The first kappa shape index (κ1) is 64.4. The lowest BCUT2D eigenvalue weighted by Crippen LogP contribution is -2.55. The van der Waals surface area contributed by atoms with E-state index in [0.29, 0.717) is 83.1 Å². The van der Waals surface area contributed by atoms with Gasteiger partial charge in [-0.05, 0) is 80.3 Å². The third-order valence-corrected chi connectivity index (χ3v) is 14.7. The Bertz CT molecular complexity index is 2310. The summed E-state index contributed by atoms with van der Waals surface area (Å²) in [6, 6.07) is 4.56. The molecule has 2 heterocycles. The number of benzene rings is 1. The SMILES string of the molecule is CC[C@@H](C)[C@H](NC(=O)CN(C)CCOCCOCCOCCNC(=O)OCC1CCN(C2=C/C=C\C=C/C=C2)CC1)C(=O)N(C)[C@H](CC(OC(C)=O)c1nc(C(=O)N[C@@H](Cc2ccc(O)cc2)C[C@H](C)C(=O)O)cs1)C(C)C. The van der Waals surface area contributed by atoms with Crippen molar-refractivity contribution in [1.29, 1.82) is 0 Å². The Hall–Kier alpha value is -6.13. The van der Waals surface area contributed by atoms with Crippen LogP contribution < -0.4 is 16.0 Å². The molecule has 4 rings (SSSR count). The molecule has 1 unspecified atom stereocenters. The predicted molar refractivity (Wildman–Crippen MR) is 298 cm³/mol. The molecule has 78 heavy (non-hydrogen) atoms. The van der Waals surface area contributed by atoms with Gasteiger partial charge in [-0.15, -0.1) is 11.3 Å². The number of allylic oxidation sites excluding steroid dienone is 7. The van der Waals surface area contributed by atoms with Gasteiger partial charge in [0.15, 0.2) is 6.10 Å². The van der Waals surface area contributed by atoms with Crippen molar-refractivity contribution < 1.29 is 62.7 Å². The molecule has 1 aromatic heterocycles. The largest absolute Gasteiger partial charge is 0.508 e.